The van der Waals surface area contributed by atoms with Gasteiger partial charge in [-0.25, -0.2) is 18.1 Å². The van der Waals surface area contributed by atoms with E-state index in [0.29, 0.717) is 5.76 Å². The third kappa shape index (κ3) is 2.71. The Labute approximate surface area is 103 Å². The Morgan fingerprint density at radius 2 is 2.22 bits per heavy atom. The Kier molecular flexibility index (Phi) is 3.36. The first kappa shape index (κ1) is 12.2. The van der Waals surface area contributed by atoms with E-state index in [0.717, 1.165) is 6.20 Å². The molecule has 0 fully saturated rings. The van der Waals surface area contributed by atoms with Crippen molar-refractivity contribution >= 4 is 10.0 Å². The first-order valence-corrected chi connectivity index (χ1v) is 6.35. The van der Waals surface area contributed by atoms with Crippen LogP contribution in [0.2, 0.25) is 0 Å². The van der Waals surface area contributed by atoms with Gasteiger partial charge in [-0.1, -0.05) is 5.16 Å². The van der Waals surface area contributed by atoms with E-state index in [2.05, 4.69) is 14.9 Å². The lowest BCUT2D eigenvalue weighted by molar-refractivity contribution is 0.380. The fourth-order valence-electron chi connectivity index (χ4n) is 1.19. The van der Waals surface area contributed by atoms with Gasteiger partial charge in [-0.15, -0.1) is 0 Å². The average Bonchev–Trinajstić information content (AvgIpc) is 2.90. The predicted octanol–water partition coefficient (Wildman–Crippen LogP) is 0.420. The van der Waals surface area contributed by atoms with E-state index in [-0.39, 0.29) is 17.1 Å². The second-order valence-corrected chi connectivity index (χ2v) is 5.06. The molecule has 0 aliphatic rings. The summed E-state index contributed by atoms with van der Waals surface area (Å²) < 4.78 is 30.8. The van der Waals surface area contributed by atoms with Crippen LogP contribution in [0.1, 0.15) is 11.5 Å². The summed E-state index contributed by atoms with van der Waals surface area (Å²) in [6.45, 7) is 0.00232. The van der Waals surface area contributed by atoms with Crippen molar-refractivity contribution in [2.45, 2.75) is 11.4 Å². The van der Waals surface area contributed by atoms with Crippen molar-refractivity contribution in [1.29, 1.82) is 5.26 Å². The van der Waals surface area contributed by atoms with Crippen LogP contribution in [-0.2, 0) is 16.6 Å². The number of aromatic nitrogens is 2. The molecule has 0 spiro atoms. The molecule has 0 aliphatic heterocycles. The van der Waals surface area contributed by atoms with E-state index in [1.165, 1.54) is 18.3 Å². The number of hydrogen-bond donors (Lipinski definition) is 1. The zero-order valence-electron chi connectivity index (χ0n) is 9.07. The fraction of sp³-hybridized carbons (Fsp3) is 0.100. The van der Waals surface area contributed by atoms with Gasteiger partial charge < -0.3 is 4.52 Å². The van der Waals surface area contributed by atoms with Gasteiger partial charge in [0.15, 0.2) is 5.76 Å². The van der Waals surface area contributed by atoms with E-state index < -0.39 is 10.0 Å². The second kappa shape index (κ2) is 4.95. The minimum atomic E-state index is -3.67. The number of nitrogens with one attached hydrogen (secondary N) is 1. The number of nitriles is 1. The second-order valence-electron chi connectivity index (χ2n) is 3.29. The molecular formula is C10H8N4O3S. The zero-order chi connectivity index (χ0) is 13.0. The van der Waals surface area contributed by atoms with Crippen molar-refractivity contribution in [1.82, 2.24) is 14.9 Å². The van der Waals surface area contributed by atoms with Gasteiger partial charge in [-0.3, -0.25) is 0 Å². The van der Waals surface area contributed by atoms with Gasteiger partial charge in [0.2, 0.25) is 10.0 Å². The topological polar surface area (TPSA) is 109 Å². The lowest BCUT2D eigenvalue weighted by atomic mass is 10.4. The molecule has 0 aromatic carbocycles. The van der Waals surface area contributed by atoms with E-state index in [1.54, 1.807) is 6.07 Å². The van der Waals surface area contributed by atoms with Crippen LogP contribution in [0.5, 0.6) is 0 Å². The van der Waals surface area contributed by atoms with E-state index >= 15 is 0 Å². The Balaban J connectivity index is 2.13. The molecule has 1 N–H and O–H groups in total. The minimum absolute atomic E-state index is 0.00232. The summed E-state index contributed by atoms with van der Waals surface area (Å²) in [7, 11) is -3.67. The first-order valence-electron chi connectivity index (χ1n) is 4.87. The summed E-state index contributed by atoms with van der Waals surface area (Å²) in [4.78, 5) is 3.68. The van der Waals surface area contributed by atoms with Gasteiger partial charge in [-0.05, 0) is 12.1 Å². The van der Waals surface area contributed by atoms with Crippen molar-refractivity contribution in [3.8, 4) is 6.07 Å². The molecule has 0 aliphatic carbocycles. The molecule has 2 heterocycles. The predicted molar refractivity (Wildman–Crippen MR) is 59.5 cm³/mol. The minimum Gasteiger partial charge on any atom is -0.360 e. The molecule has 18 heavy (non-hydrogen) atoms. The van der Waals surface area contributed by atoms with Crippen molar-refractivity contribution in [2.75, 3.05) is 0 Å². The summed E-state index contributed by atoms with van der Waals surface area (Å²) in [5.41, 5.74) is 0.157. The number of nitrogens with zero attached hydrogens (tertiary/aromatic N) is 3. The molecule has 2 aromatic rings. The maximum absolute atomic E-state index is 11.8. The van der Waals surface area contributed by atoms with Crippen LogP contribution < -0.4 is 4.72 Å². The highest BCUT2D eigenvalue weighted by atomic mass is 32.2. The van der Waals surface area contributed by atoms with Gasteiger partial charge in [0.1, 0.15) is 16.7 Å². The normalized spacial score (nSPS) is 11.1. The maximum Gasteiger partial charge on any atom is 0.242 e. The summed E-state index contributed by atoms with van der Waals surface area (Å²) in [5, 5.41) is 12.0. The monoisotopic (exact) mass is 264 g/mol. The maximum atomic E-state index is 11.8. The smallest absolute Gasteiger partial charge is 0.242 e. The summed E-state index contributed by atoms with van der Waals surface area (Å²) in [5.74, 6) is 0.403. The van der Waals surface area contributed by atoms with Gasteiger partial charge in [0.25, 0.3) is 0 Å². The molecule has 92 valence electrons. The fourth-order valence-corrected chi connectivity index (χ4v) is 2.13. The van der Waals surface area contributed by atoms with Crippen molar-refractivity contribution in [3.05, 3.63) is 42.0 Å². The van der Waals surface area contributed by atoms with Gasteiger partial charge >= 0.3 is 0 Å². The van der Waals surface area contributed by atoms with Crippen LogP contribution in [-0.4, -0.2) is 18.6 Å². The van der Waals surface area contributed by atoms with Crippen molar-refractivity contribution in [3.63, 3.8) is 0 Å². The summed E-state index contributed by atoms with van der Waals surface area (Å²) in [6, 6.07) is 6.02. The molecule has 0 unspecified atom stereocenters. The quantitative estimate of drug-likeness (QED) is 0.857. The van der Waals surface area contributed by atoms with Crippen LogP contribution >= 0.6 is 0 Å². The summed E-state index contributed by atoms with van der Waals surface area (Å²) >= 11 is 0. The van der Waals surface area contributed by atoms with Crippen molar-refractivity contribution < 1.29 is 12.9 Å². The first-order chi connectivity index (χ1) is 8.62. The number of rotatable bonds is 4. The number of hydrogen-bond acceptors (Lipinski definition) is 6. The van der Waals surface area contributed by atoms with E-state index in [4.69, 9.17) is 9.78 Å². The molecule has 0 atom stereocenters. The molecule has 7 nitrogen and oxygen atoms in total. The molecule has 2 rings (SSSR count). The summed E-state index contributed by atoms with van der Waals surface area (Å²) in [6.07, 6.45) is 2.55. The standard InChI is InChI=1S/C10H8N4O3S/c11-5-8-1-2-10(7-12-8)18(15,16)14-6-9-3-4-13-17-9/h1-4,7,14H,6H2. The third-order valence-corrected chi connectivity index (χ3v) is 3.48. The van der Waals surface area contributed by atoms with Crippen LogP contribution in [0.4, 0.5) is 0 Å². The Morgan fingerprint density at radius 1 is 1.39 bits per heavy atom. The molecule has 0 radical (unpaired) electrons. The van der Waals surface area contributed by atoms with Crippen molar-refractivity contribution in [2.24, 2.45) is 0 Å². The Morgan fingerprint density at radius 3 is 2.78 bits per heavy atom. The Bertz CT molecular complexity index is 656. The molecule has 0 bridgehead atoms. The van der Waals surface area contributed by atoms with Crippen LogP contribution in [0.3, 0.4) is 0 Å². The molecule has 0 amide bonds. The van der Waals surface area contributed by atoms with Crippen LogP contribution in [0.15, 0.2) is 40.0 Å². The zero-order valence-corrected chi connectivity index (χ0v) is 9.88. The SMILES string of the molecule is N#Cc1ccc(S(=O)(=O)NCc2ccno2)cn1. The number of pyridine rings is 1. The molecule has 0 saturated carbocycles. The van der Waals surface area contributed by atoms with E-state index in [9.17, 15) is 8.42 Å². The highest BCUT2D eigenvalue weighted by Crippen LogP contribution is 2.08. The molecule has 0 saturated heterocycles. The Hall–Kier alpha value is -2.24. The largest absolute Gasteiger partial charge is 0.360 e. The van der Waals surface area contributed by atoms with Gasteiger partial charge in [-0.2, -0.15) is 5.26 Å². The third-order valence-electron chi connectivity index (χ3n) is 2.09. The highest BCUT2D eigenvalue weighted by Gasteiger charge is 2.14. The van der Waals surface area contributed by atoms with Gasteiger partial charge in [0, 0.05) is 12.3 Å². The lowest BCUT2D eigenvalue weighted by Gasteiger charge is -2.04. The van der Waals surface area contributed by atoms with E-state index in [1.807, 2.05) is 6.07 Å². The lowest BCUT2D eigenvalue weighted by Crippen LogP contribution is -2.23. The van der Waals surface area contributed by atoms with Gasteiger partial charge in [0.05, 0.1) is 12.7 Å². The molecule has 8 heteroatoms. The van der Waals surface area contributed by atoms with Crippen LogP contribution in [0.25, 0.3) is 0 Å². The average molecular weight is 264 g/mol. The highest BCUT2D eigenvalue weighted by molar-refractivity contribution is 7.89. The van der Waals surface area contributed by atoms with Crippen LogP contribution in [0, 0.1) is 11.3 Å². The molecule has 2 aromatic heterocycles. The molecular weight excluding hydrogens is 256 g/mol. The number of sulfonamides is 1.